The Bertz CT molecular complexity index is 408. The summed E-state index contributed by atoms with van der Waals surface area (Å²) in [5.74, 6) is 0. The van der Waals surface area contributed by atoms with Crippen LogP contribution in [0.3, 0.4) is 0 Å². The normalized spacial score (nSPS) is 11.2. The summed E-state index contributed by atoms with van der Waals surface area (Å²) in [6.45, 7) is -1.10. The summed E-state index contributed by atoms with van der Waals surface area (Å²) in [5, 5.41) is 2.85. The first kappa shape index (κ1) is 15.0. The van der Waals surface area contributed by atoms with Crippen LogP contribution in [0, 0.1) is 0 Å². The van der Waals surface area contributed by atoms with Crippen molar-refractivity contribution in [2.24, 2.45) is 0 Å². The van der Waals surface area contributed by atoms with Crippen LogP contribution in [0.1, 0.15) is 5.56 Å². The summed E-state index contributed by atoms with van der Waals surface area (Å²) >= 11 is 10.4. The molecule has 1 aromatic rings. The number of hydrogen-bond acceptors (Lipinski definition) is 2. The smallest absolute Gasteiger partial charge is 0.366 e. The highest BCUT2D eigenvalue weighted by atomic mass is 35.5. The maximum Gasteiger partial charge on any atom is 0.406 e. The molecule has 1 rings (SSSR count). The number of aromatic nitrogens is 1. The standard InChI is InChI=1S/C10H11ClF3N3S/c1-15-9(18)17(6-10(12,13)14)5-7-2-3-8(11)16-4-7/h2-4H,5-6H2,1H3,(H,15,18). The topological polar surface area (TPSA) is 28.2 Å². The predicted octanol–water partition coefficient (Wildman–Crippen LogP) is 2.60. The van der Waals surface area contributed by atoms with Gasteiger partial charge in [0.05, 0.1) is 0 Å². The molecular formula is C10H11ClF3N3S. The van der Waals surface area contributed by atoms with E-state index in [-0.39, 0.29) is 16.8 Å². The molecule has 0 aliphatic heterocycles. The van der Waals surface area contributed by atoms with E-state index in [4.69, 9.17) is 23.8 Å². The lowest BCUT2D eigenvalue weighted by Crippen LogP contribution is -2.42. The molecule has 0 spiro atoms. The summed E-state index contributed by atoms with van der Waals surface area (Å²) in [6.07, 6.45) is -2.90. The Morgan fingerprint density at radius 1 is 1.50 bits per heavy atom. The molecule has 0 fully saturated rings. The average molecular weight is 298 g/mol. The maximum absolute atomic E-state index is 12.4. The summed E-state index contributed by atoms with van der Waals surface area (Å²) in [5.41, 5.74) is 0.598. The van der Waals surface area contributed by atoms with E-state index in [1.807, 2.05) is 0 Å². The summed E-state index contributed by atoms with van der Waals surface area (Å²) in [4.78, 5) is 4.82. The second kappa shape index (κ2) is 6.19. The SMILES string of the molecule is CNC(=S)N(Cc1ccc(Cl)nc1)CC(F)(F)F. The zero-order valence-electron chi connectivity index (χ0n) is 9.46. The molecule has 1 N–H and O–H groups in total. The van der Waals surface area contributed by atoms with E-state index < -0.39 is 12.7 Å². The fourth-order valence-corrected chi connectivity index (χ4v) is 1.54. The van der Waals surface area contributed by atoms with E-state index in [1.54, 1.807) is 6.07 Å². The largest absolute Gasteiger partial charge is 0.406 e. The zero-order valence-corrected chi connectivity index (χ0v) is 11.0. The molecule has 0 aliphatic carbocycles. The van der Waals surface area contributed by atoms with Gasteiger partial charge in [-0.05, 0) is 23.8 Å². The second-order valence-corrected chi connectivity index (χ2v) is 4.29. The van der Waals surface area contributed by atoms with Crippen LogP contribution in [0.4, 0.5) is 13.2 Å². The van der Waals surface area contributed by atoms with Crippen molar-refractivity contribution in [2.45, 2.75) is 12.7 Å². The van der Waals surface area contributed by atoms with Gasteiger partial charge in [0.2, 0.25) is 0 Å². The molecular weight excluding hydrogens is 287 g/mol. The van der Waals surface area contributed by atoms with Crippen LogP contribution in [0.15, 0.2) is 18.3 Å². The fraction of sp³-hybridized carbons (Fsp3) is 0.400. The summed E-state index contributed by atoms with van der Waals surface area (Å²) < 4.78 is 37.2. The Morgan fingerprint density at radius 3 is 2.61 bits per heavy atom. The van der Waals surface area contributed by atoms with Crippen molar-refractivity contribution in [3.63, 3.8) is 0 Å². The van der Waals surface area contributed by atoms with Gasteiger partial charge in [0, 0.05) is 19.8 Å². The van der Waals surface area contributed by atoms with Crippen LogP contribution in [0.25, 0.3) is 0 Å². The highest BCUT2D eigenvalue weighted by molar-refractivity contribution is 7.80. The molecule has 0 saturated carbocycles. The van der Waals surface area contributed by atoms with Crippen LogP contribution in [-0.2, 0) is 6.54 Å². The van der Waals surface area contributed by atoms with Gasteiger partial charge in [0.15, 0.2) is 5.11 Å². The molecule has 0 bridgehead atoms. The molecule has 3 nitrogen and oxygen atoms in total. The van der Waals surface area contributed by atoms with Crippen LogP contribution < -0.4 is 5.32 Å². The quantitative estimate of drug-likeness (QED) is 0.686. The zero-order chi connectivity index (χ0) is 13.8. The maximum atomic E-state index is 12.4. The van der Waals surface area contributed by atoms with E-state index in [9.17, 15) is 13.2 Å². The first-order valence-corrected chi connectivity index (χ1v) is 5.74. The lowest BCUT2D eigenvalue weighted by atomic mass is 10.2. The molecule has 1 aromatic heterocycles. The predicted molar refractivity (Wildman–Crippen MR) is 67.4 cm³/mol. The lowest BCUT2D eigenvalue weighted by molar-refractivity contribution is -0.138. The van der Waals surface area contributed by atoms with Crippen LogP contribution in [-0.4, -0.2) is 34.8 Å². The summed E-state index contributed by atoms with van der Waals surface area (Å²) in [6, 6.07) is 3.13. The van der Waals surface area contributed by atoms with Crippen molar-refractivity contribution in [1.29, 1.82) is 0 Å². The van der Waals surface area contributed by atoms with Crippen LogP contribution in [0.5, 0.6) is 0 Å². The fourth-order valence-electron chi connectivity index (χ4n) is 1.29. The minimum Gasteiger partial charge on any atom is -0.366 e. The number of halogens is 4. The summed E-state index contributed by atoms with van der Waals surface area (Å²) in [7, 11) is 1.48. The molecule has 1 heterocycles. The number of thiocarbonyl (C=S) groups is 1. The van der Waals surface area contributed by atoms with Crippen molar-refractivity contribution in [2.75, 3.05) is 13.6 Å². The van der Waals surface area contributed by atoms with Gasteiger partial charge in [-0.15, -0.1) is 0 Å². The molecule has 0 atom stereocenters. The molecule has 0 unspecified atom stereocenters. The highest BCUT2D eigenvalue weighted by Crippen LogP contribution is 2.18. The van der Waals surface area contributed by atoms with Gasteiger partial charge in [-0.1, -0.05) is 17.7 Å². The van der Waals surface area contributed by atoms with E-state index in [0.717, 1.165) is 4.90 Å². The first-order valence-electron chi connectivity index (χ1n) is 4.95. The first-order chi connectivity index (χ1) is 8.31. The Morgan fingerprint density at radius 2 is 2.17 bits per heavy atom. The lowest BCUT2D eigenvalue weighted by Gasteiger charge is -2.25. The van der Waals surface area contributed by atoms with Gasteiger partial charge >= 0.3 is 6.18 Å². The molecule has 0 aromatic carbocycles. The van der Waals surface area contributed by atoms with E-state index in [0.29, 0.717) is 5.56 Å². The van der Waals surface area contributed by atoms with Crippen LogP contribution in [0.2, 0.25) is 5.15 Å². The monoisotopic (exact) mass is 297 g/mol. The Kier molecular flexibility index (Phi) is 5.15. The van der Waals surface area contributed by atoms with Gasteiger partial charge in [0.1, 0.15) is 11.7 Å². The Hall–Kier alpha value is -1.08. The van der Waals surface area contributed by atoms with E-state index >= 15 is 0 Å². The average Bonchev–Trinajstić information content (AvgIpc) is 2.28. The van der Waals surface area contributed by atoms with Crippen molar-refractivity contribution in [3.8, 4) is 0 Å². The molecule has 8 heteroatoms. The number of pyridine rings is 1. The number of nitrogens with zero attached hydrogens (tertiary/aromatic N) is 2. The van der Waals surface area contributed by atoms with Crippen molar-refractivity contribution in [3.05, 3.63) is 29.0 Å². The van der Waals surface area contributed by atoms with E-state index in [2.05, 4.69) is 10.3 Å². The third-order valence-corrected chi connectivity index (χ3v) is 2.72. The van der Waals surface area contributed by atoms with E-state index in [1.165, 1.54) is 19.3 Å². The van der Waals surface area contributed by atoms with Gasteiger partial charge in [-0.2, -0.15) is 13.2 Å². The van der Waals surface area contributed by atoms with Crippen molar-refractivity contribution >= 4 is 28.9 Å². The molecule has 0 amide bonds. The minimum atomic E-state index is -4.32. The Balaban J connectivity index is 2.78. The number of hydrogen-bond donors (Lipinski definition) is 1. The molecule has 0 aliphatic rings. The van der Waals surface area contributed by atoms with Crippen LogP contribution >= 0.6 is 23.8 Å². The Labute approximate surface area is 113 Å². The van der Waals surface area contributed by atoms with Gasteiger partial charge in [-0.25, -0.2) is 4.98 Å². The third kappa shape index (κ3) is 5.05. The second-order valence-electron chi connectivity index (χ2n) is 3.52. The highest BCUT2D eigenvalue weighted by Gasteiger charge is 2.31. The van der Waals surface area contributed by atoms with Gasteiger partial charge in [-0.3, -0.25) is 0 Å². The van der Waals surface area contributed by atoms with Gasteiger partial charge in [0.25, 0.3) is 0 Å². The molecule has 100 valence electrons. The number of alkyl halides is 3. The van der Waals surface area contributed by atoms with Crippen molar-refractivity contribution < 1.29 is 13.2 Å². The molecule has 18 heavy (non-hydrogen) atoms. The minimum absolute atomic E-state index is 0.0172. The third-order valence-electron chi connectivity index (χ3n) is 2.03. The number of rotatable bonds is 3. The number of nitrogens with one attached hydrogen (secondary N) is 1. The molecule has 0 saturated heterocycles. The van der Waals surface area contributed by atoms with Gasteiger partial charge < -0.3 is 10.2 Å². The molecule has 0 radical (unpaired) electrons. The van der Waals surface area contributed by atoms with Crippen molar-refractivity contribution in [1.82, 2.24) is 15.2 Å².